The van der Waals surface area contributed by atoms with Crippen LogP contribution < -0.4 is 5.32 Å². The van der Waals surface area contributed by atoms with Crippen molar-refractivity contribution in [3.05, 3.63) is 71.4 Å². The van der Waals surface area contributed by atoms with Gasteiger partial charge in [0.15, 0.2) is 4.34 Å². The van der Waals surface area contributed by atoms with Crippen LogP contribution in [-0.2, 0) is 9.53 Å². The molecule has 34 heavy (non-hydrogen) atoms. The highest BCUT2D eigenvalue weighted by atomic mass is 32.2. The van der Waals surface area contributed by atoms with Gasteiger partial charge in [-0.15, -0.1) is 10.2 Å². The Labute approximate surface area is 202 Å². The summed E-state index contributed by atoms with van der Waals surface area (Å²) in [5.74, 6) is 0.369. The van der Waals surface area contributed by atoms with E-state index in [1.165, 1.54) is 27.8 Å². The highest BCUT2D eigenvalue weighted by Crippen LogP contribution is 2.38. The monoisotopic (exact) mass is 493 g/mol. The summed E-state index contributed by atoms with van der Waals surface area (Å²) >= 11 is 2.93. The van der Waals surface area contributed by atoms with Crippen LogP contribution in [0.2, 0.25) is 0 Å². The van der Waals surface area contributed by atoms with E-state index < -0.39 is 12.0 Å². The van der Waals surface area contributed by atoms with Gasteiger partial charge in [0.25, 0.3) is 0 Å². The minimum Gasteiger partial charge on any atom is -0.508 e. The largest absolute Gasteiger partial charge is 0.508 e. The van der Waals surface area contributed by atoms with Crippen molar-refractivity contribution < 1.29 is 14.6 Å². The molecule has 3 heterocycles. The Morgan fingerprint density at radius 1 is 1.18 bits per heavy atom. The number of nitrogens with zero attached hydrogens (tertiary/aromatic N) is 6. The maximum absolute atomic E-state index is 13.1. The number of thioether (sulfide) groups is 1. The summed E-state index contributed by atoms with van der Waals surface area (Å²) in [4.78, 5) is 13.1. The molecule has 172 valence electrons. The molecule has 10 nitrogen and oxygen atoms in total. The van der Waals surface area contributed by atoms with Gasteiger partial charge in [0, 0.05) is 17.0 Å². The van der Waals surface area contributed by atoms with E-state index >= 15 is 0 Å². The van der Waals surface area contributed by atoms with Crippen LogP contribution in [0.1, 0.15) is 18.5 Å². The Hall–Kier alpha value is -3.77. The molecule has 0 amide bonds. The summed E-state index contributed by atoms with van der Waals surface area (Å²) in [6, 6.07) is 15.8. The Morgan fingerprint density at radius 2 is 2.03 bits per heavy atom. The maximum Gasteiger partial charge on any atom is 0.338 e. The Balaban J connectivity index is 1.50. The van der Waals surface area contributed by atoms with Crippen molar-refractivity contribution in [2.24, 2.45) is 0 Å². The van der Waals surface area contributed by atoms with E-state index in [-0.39, 0.29) is 12.4 Å². The molecule has 1 atom stereocenters. The van der Waals surface area contributed by atoms with E-state index in [2.05, 4.69) is 31.0 Å². The van der Waals surface area contributed by atoms with Gasteiger partial charge in [0.05, 0.1) is 12.2 Å². The number of carbonyl (C=O) groups is 1. The van der Waals surface area contributed by atoms with Gasteiger partial charge in [0.2, 0.25) is 5.95 Å². The van der Waals surface area contributed by atoms with Crippen LogP contribution in [-0.4, -0.2) is 53.8 Å². The molecule has 0 saturated carbocycles. The van der Waals surface area contributed by atoms with E-state index in [4.69, 9.17) is 4.74 Å². The standard InChI is InChI=1S/C22H19N7O3S2/c1-2-32-20(31)17-16(12-33-22-26-24-19(34-22)13-7-4-3-5-8-13)23-21-25-27-28-29(21)18(17)14-9-6-10-15(30)11-14/h3-11,18,30H,2,12H2,1H3,(H,23,25,28). The van der Waals surface area contributed by atoms with Gasteiger partial charge in [-0.3, -0.25) is 0 Å². The smallest absolute Gasteiger partial charge is 0.338 e. The fraction of sp³-hybridized carbons (Fsp3) is 0.182. The number of carbonyl (C=O) groups excluding carboxylic acids is 1. The van der Waals surface area contributed by atoms with E-state index in [1.807, 2.05) is 36.4 Å². The first kappa shape index (κ1) is 22.0. The molecule has 2 aromatic carbocycles. The molecule has 0 spiro atoms. The molecule has 1 aliphatic heterocycles. The molecule has 12 heteroatoms. The Morgan fingerprint density at radius 3 is 2.82 bits per heavy atom. The van der Waals surface area contributed by atoms with Crippen molar-refractivity contribution in [1.82, 2.24) is 30.4 Å². The fourth-order valence-corrected chi connectivity index (χ4v) is 5.43. The predicted molar refractivity (Wildman–Crippen MR) is 127 cm³/mol. The van der Waals surface area contributed by atoms with Gasteiger partial charge in [-0.2, -0.15) is 4.68 Å². The van der Waals surface area contributed by atoms with Gasteiger partial charge in [-0.05, 0) is 35.0 Å². The molecule has 4 aromatic rings. The van der Waals surface area contributed by atoms with Gasteiger partial charge in [-0.25, -0.2) is 4.79 Å². The van der Waals surface area contributed by atoms with Crippen LogP contribution in [0.25, 0.3) is 10.6 Å². The first-order valence-corrected chi connectivity index (χ1v) is 12.2. The number of rotatable bonds is 7. The van der Waals surface area contributed by atoms with E-state index in [0.717, 1.165) is 14.9 Å². The molecule has 0 radical (unpaired) electrons. The number of phenolic OH excluding ortho intramolecular Hbond substituents is 1. The zero-order chi connectivity index (χ0) is 23.5. The lowest BCUT2D eigenvalue weighted by atomic mass is 9.95. The van der Waals surface area contributed by atoms with Crippen molar-refractivity contribution in [1.29, 1.82) is 0 Å². The second kappa shape index (κ2) is 9.61. The molecule has 0 fully saturated rings. The first-order valence-electron chi connectivity index (χ1n) is 10.4. The SMILES string of the molecule is CCOC(=O)C1=C(CSc2nnc(-c3ccccc3)s2)Nc2nnnn2C1c1cccc(O)c1. The second-order valence-electron chi connectivity index (χ2n) is 7.21. The molecule has 0 aliphatic carbocycles. The number of aromatic nitrogens is 6. The summed E-state index contributed by atoms with van der Waals surface area (Å²) in [5, 5.41) is 34.5. The van der Waals surface area contributed by atoms with E-state index in [0.29, 0.717) is 28.5 Å². The number of phenols is 1. The van der Waals surface area contributed by atoms with Crippen LogP contribution >= 0.6 is 23.1 Å². The van der Waals surface area contributed by atoms with Crippen LogP contribution in [0.4, 0.5) is 5.95 Å². The molecule has 1 unspecified atom stereocenters. The Kier molecular flexibility index (Phi) is 6.23. The summed E-state index contributed by atoms with van der Waals surface area (Å²) in [6.45, 7) is 1.97. The first-order chi connectivity index (χ1) is 16.6. The van der Waals surface area contributed by atoms with Crippen LogP contribution in [0, 0.1) is 0 Å². The van der Waals surface area contributed by atoms with Crippen molar-refractivity contribution in [2.45, 2.75) is 17.3 Å². The number of fused-ring (bicyclic) bond motifs is 1. The maximum atomic E-state index is 13.1. The Bertz CT molecular complexity index is 1350. The highest BCUT2D eigenvalue weighted by Gasteiger charge is 2.36. The molecule has 2 aromatic heterocycles. The third-order valence-electron chi connectivity index (χ3n) is 5.05. The molecular formula is C22H19N7O3S2. The lowest BCUT2D eigenvalue weighted by Crippen LogP contribution is -2.31. The molecule has 2 N–H and O–H groups in total. The average molecular weight is 494 g/mol. The zero-order valence-electron chi connectivity index (χ0n) is 18.0. The van der Waals surface area contributed by atoms with Crippen LogP contribution in [0.5, 0.6) is 5.75 Å². The van der Waals surface area contributed by atoms with Crippen LogP contribution in [0.15, 0.2) is 70.2 Å². The van der Waals surface area contributed by atoms with Crippen LogP contribution in [0.3, 0.4) is 0 Å². The summed E-state index contributed by atoms with van der Waals surface area (Å²) in [6.07, 6.45) is 0. The van der Waals surface area contributed by atoms with Gasteiger partial charge in [0.1, 0.15) is 16.8 Å². The number of anilines is 1. The topological polar surface area (TPSA) is 128 Å². The fourth-order valence-electron chi connectivity index (χ4n) is 3.60. The van der Waals surface area contributed by atoms with Gasteiger partial charge in [-0.1, -0.05) is 70.7 Å². The van der Waals surface area contributed by atoms with Crippen molar-refractivity contribution in [3.8, 4) is 16.3 Å². The van der Waals surface area contributed by atoms with Crippen molar-refractivity contribution in [2.75, 3.05) is 17.7 Å². The molecular weight excluding hydrogens is 474 g/mol. The molecule has 5 rings (SSSR count). The third-order valence-corrected chi connectivity index (χ3v) is 7.18. The highest BCUT2D eigenvalue weighted by molar-refractivity contribution is 8.01. The number of nitrogens with one attached hydrogen (secondary N) is 1. The lowest BCUT2D eigenvalue weighted by molar-refractivity contribution is -0.139. The van der Waals surface area contributed by atoms with Crippen molar-refractivity contribution in [3.63, 3.8) is 0 Å². The summed E-state index contributed by atoms with van der Waals surface area (Å²) in [5.41, 5.74) is 2.63. The number of hydrogen-bond acceptors (Lipinski definition) is 11. The van der Waals surface area contributed by atoms with E-state index in [1.54, 1.807) is 25.1 Å². The number of esters is 1. The second-order valence-corrected chi connectivity index (χ2v) is 9.41. The number of hydrogen-bond donors (Lipinski definition) is 2. The predicted octanol–water partition coefficient (Wildman–Crippen LogP) is 3.52. The average Bonchev–Trinajstić information content (AvgIpc) is 3.52. The zero-order valence-corrected chi connectivity index (χ0v) is 19.6. The number of tetrazole rings is 1. The summed E-state index contributed by atoms with van der Waals surface area (Å²) in [7, 11) is 0. The minimum absolute atomic E-state index is 0.0760. The quantitative estimate of drug-likeness (QED) is 0.291. The lowest BCUT2D eigenvalue weighted by Gasteiger charge is -2.28. The van der Waals surface area contributed by atoms with Gasteiger partial charge < -0.3 is 15.2 Å². The number of aromatic hydroxyl groups is 1. The number of ether oxygens (including phenoxy) is 1. The minimum atomic E-state index is -0.665. The molecule has 0 saturated heterocycles. The molecule has 0 bridgehead atoms. The molecule has 1 aliphatic rings. The van der Waals surface area contributed by atoms with Gasteiger partial charge >= 0.3 is 5.97 Å². The summed E-state index contributed by atoms with van der Waals surface area (Å²) < 4.78 is 7.65. The third kappa shape index (κ3) is 4.37. The normalized spacial score (nSPS) is 15.0. The number of benzene rings is 2. The van der Waals surface area contributed by atoms with Crippen molar-refractivity contribution >= 4 is 35.0 Å². The van der Waals surface area contributed by atoms with E-state index in [9.17, 15) is 9.90 Å².